The number of carbonyl (C=O) groups is 2. The number of nitrogens with zero attached hydrogens (tertiary/aromatic N) is 3. The molecule has 1 N–H and O–H groups in total. The number of benzene rings is 1. The maximum absolute atomic E-state index is 12.7. The van der Waals surface area contributed by atoms with Gasteiger partial charge < -0.3 is 19.5 Å². The number of aromatic nitrogens is 2. The van der Waals surface area contributed by atoms with Crippen molar-refractivity contribution < 1.29 is 14.3 Å². The van der Waals surface area contributed by atoms with Crippen molar-refractivity contribution in [3.05, 3.63) is 48.0 Å². The van der Waals surface area contributed by atoms with Gasteiger partial charge in [0, 0.05) is 19.7 Å². The largest absolute Gasteiger partial charge is 0.494 e. The standard InChI is InChI=1S/C19H24N4O3/c1-3-26-16-7-4-14(5-8-16)6-9-18(24)22-11-15-10-21-13-23(15)17(12-22)19(25)20-2/h4-5,7-8,10,13,17H,3,6,9,11-12H2,1-2H3,(H,20,25). The smallest absolute Gasteiger partial charge is 0.244 e. The van der Waals surface area contributed by atoms with Gasteiger partial charge in [-0.1, -0.05) is 12.1 Å². The fraction of sp³-hybridized carbons (Fsp3) is 0.421. The Hall–Kier alpha value is -2.83. The van der Waals surface area contributed by atoms with Crippen LogP contribution in [0.25, 0.3) is 0 Å². The van der Waals surface area contributed by atoms with E-state index in [9.17, 15) is 9.59 Å². The van der Waals surface area contributed by atoms with Gasteiger partial charge in [-0.05, 0) is 31.0 Å². The topological polar surface area (TPSA) is 76.5 Å². The molecule has 7 heteroatoms. The number of hydrogen-bond donors (Lipinski definition) is 1. The Morgan fingerprint density at radius 3 is 2.77 bits per heavy atom. The van der Waals surface area contributed by atoms with Gasteiger partial charge in [-0.25, -0.2) is 4.98 Å². The zero-order chi connectivity index (χ0) is 18.5. The Kier molecular flexibility index (Phi) is 5.55. The number of fused-ring (bicyclic) bond motifs is 1. The summed E-state index contributed by atoms with van der Waals surface area (Å²) in [7, 11) is 1.60. The molecule has 0 aliphatic carbocycles. The molecule has 0 radical (unpaired) electrons. The lowest BCUT2D eigenvalue weighted by atomic mass is 10.1. The highest BCUT2D eigenvalue weighted by Crippen LogP contribution is 2.22. The van der Waals surface area contributed by atoms with Gasteiger partial charge in [0.2, 0.25) is 11.8 Å². The van der Waals surface area contributed by atoms with Crippen molar-refractivity contribution in [2.75, 3.05) is 20.2 Å². The Morgan fingerprint density at radius 2 is 2.08 bits per heavy atom. The van der Waals surface area contributed by atoms with E-state index in [1.54, 1.807) is 24.5 Å². The van der Waals surface area contributed by atoms with Gasteiger partial charge in [0.15, 0.2) is 0 Å². The minimum absolute atomic E-state index is 0.0419. The Morgan fingerprint density at radius 1 is 1.31 bits per heavy atom. The molecule has 0 bridgehead atoms. The van der Waals surface area contributed by atoms with Gasteiger partial charge in [0.25, 0.3) is 0 Å². The number of likely N-dealkylation sites (N-methyl/N-ethyl adjacent to an activating group) is 1. The van der Waals surface area contributed by atoms with E-state index in [1.807, 2.05) is 35.8 Å². The Bertz CT molecular complexity index is 769. The van der Waals surface area contributed by atoms with Gasteiger partial charge in [0.05, 0.1) is 31.7 Å². The van der Waals surface area contributed by atoms with Gasteiger partial charge in [-0.2, -0.15) is 0 Å². The average molecular weight is 356 g/mol. The van der Waals surface area contributed by atoms with Crippen LogP contribution in [0.2, 0.25) is 0 Å². The number of amides is 2. The van der Waals surface area contributed by atoms with Gasteiger partial charge in [0.1, 0.15) is 11.8 Å². The number of hydrogen-bond acceptors (Lipinski definition) is 4. The van der Waals surface area contributed by atoms with Crippen LogP contribution in [-0.2, 0) is 22.6 Å². The van der Waals surface area contributed by atoms with Crippen LogP contribution in [0.15, 0.2) is 36.8 Å². The number of ether oxygens (including phenoxy) is 1. The molecule has 1 aliphatic rings. The quantitative estimate of drug-likeness (QED) is 0.852. The molecule has 1 aliphatic heterocycles. The van der Waals surface area contributed by atoms with Crippen LogP contribution in [-0.4, -0.2) is 46.5 Å². The first-order valence-electron chi connectivity index (χ1n) is 8.84. The van der Waals surface area contributed by atoms with E-state index in [1.165, 1.54) is 0 Å². The second kappa shape index (κ2) is 8.03. The van der Waals surface area contributed by atoms with Gasteiger partial charge in [-0.15, -0.1) is 0 Å². The molecular weight excluding hydrogens is 332 g/mol. The molecule has 1 aromatic carbocycles. The van der Waals surface area contributed by atoms with Crippen LogP contribution in [0.3, 0.4) is 0 Å². The molecule has 138 valence electrons. The van der Waals surface area contributed by atoms with E-state index in [0.717, 1.165) is 17.0 Å². The predicted octanol–water partition coefficient (Wildman–Crippen LogP) is 1.54. The first kappa shape index (κ1) is 18.0. The Balaban J connectivity index is 1.62. The first-order valence-corrected chi connectivity index (χ1v) is 8.84. The zero-order valence-electron chi connectivity index (χ0n) is 15.1. The molecule has 1 aromatic heterocycles. The van der Waals surface area contributed by atoms with Crippen molar-refractivity contribution in [3.8, 4) is 5.75 Å². The van der Waals surface area contributed by atoms with E-state index in [2.05, 4.69) is 10.3 Å². The Labute approximate surface area is 153 Å². The van der Waals surface area contributed by atoms with Crippen molar-refractivity contribution in [3.63, 3.8) is 0 Å². The maximum Gasteiger partial charge on any atom is 0.244 e. The molecule has 1 unspecified atom stereocenters. The summed E-state index contributed by atoms with van der Waals surface area (Å²) in [6.07, 6.45) is 4.42. The molecule has 0 saturated heterocycles. The number of imidazole rings is 1. The summed E-state index contributed by atoms with van der Waals surface area (Å²) in [4.78, 5) is 30.7. The maximum atomic E-state index is 12.7. The molecule has 2 amide bonds. The zero-order valence-corrected chi connectivity index (χ0v) is 15.1. The van der Waals surface area contributed by atoms with Crippen LogP contribution in [0.4, 0.5) is 0 Å². The minimum atomic E-state index is -0.430. The highest BCUT2D eigenvalue weighted by Gasteiger charge is 2.31. The minimum Gasteiger partial charge on any atom is -0.494 e. The van der Waals surface area contributed by atoms with Crippen molar-refractivity contribution >= 4 is 11.8 Å². The molecule has 2 aromatic rings. The van der Waals surface area contributed by atoms with Crippen LogP contribution in [0.1, 0.15) is 30.6 Å². The molecule has 7 nitrogen and oxygen atoms in total. The van der Waals surface area contributed by atoms with Crippen LogP contribution in [0, 0.1) is 0 Å². The van der Waals surface area contributed by atoms with E-state index in [-0.39, 0.29) is 11.8 Å². The van der Waals surface area contributed by atoms with Crippen molar-refractivity contribution in [1.82, 2.24) is 19.8 Å². The number of carbonyl (C=O) groups excluding carboxylic acids is 2. The summed E-state index contributed by atoms with van der Waals surface area (Å²) in [6.45, 7) is 3.43. The first-order chi connectivity index (χ1) is 12.6. The van der Waals surface area contributed by atoms with Crippen molar-refractivity contribution in [2.24, 2.45) is 0 Å². The number of rotatable bonds is 6. The molecule has 0 saturated carbocycles. The summed E-state index contributed by atoms with van der Waals surface area (Å²) in [5.41, 5.74) is 1.96. The van der Waals surface area contributed by atoms with E-state index in [4.69, 9.17) is 4.74 Å². The van der Waals surface area contributed by atoms with Crippen LogP contribution in [0.5, 0.6) is 5.75 Å². The third-order valence-corrected chi connectivity index (χ3v) is 4.59. The fourth-order valence-corrected chi connectivity index (χ4v) is 3.19. The third kappa shape index (κ3) is 3.87. The highest BCUT2D eigenvalue weighted by atomic mass is 16.5. The monoisotopic (exact) mass is 356 g/mol. The molecule has 0 fully saturated rings. The summed E-state index contributed by atoms with van der Waals surface area (Å²) in [5, 5.41) is 2.66. The van der Waals surface area contributed by atoms with Crippen LogP contribution >= 0.6 is 0 Å². The summed E-state index contributed by atoms with van der Waals surface area (Å²) in [5.74, 6) is 0.758. The number of nitrogens with one attached hydrogen (secondary N) is 1. The lowest BCUT2D eigenvalue weighted by Crippen LogP contribution is -2.45. The van der Waals surface area contributed by atoms with Crippen molar-refractivity contribution in [1.29, 1.82) is 0 Å². The van der Waals surface area contributed by atoms with E-state index < -0.39 is 6.04 Å². The fourth-order valence-electron chi connectivity index (χ4n) is 3.19. The predicted molar refractivity (Wildman–Crippen MR) is 96.7 cm³/mol. The summed E-state index contributed by atoms with van der Waals surface area (Å²) in [6, 6.07) is 7.38. The summed E-state index contributed by atoms with van der Waals surface area (Å²) < 4.78 is 7.27. The van der Waals surface area contributed by atoms with Gasteiger partial charge >= 0.3 is 0 Å². The second-order valence-corrected chi connectivity index (χ2v) is 6.27. The lowest BCUT2D eigenvalue weighted by Gasteiger charge is -2.33. The molecule has 2 heterocycles. The van der Waals surface area contributed by atoms with E-state index >= 15 is 0 Å². The third-order valence-electron chi connectivity index (χ3n) is 4.59. The number of aryl methyl sites for hydroxylation is 1. The van der Waals surface area contributed by atoms with Crippen molar-refractivity contribution in [2.45, 2.75) is 32.4 Å². The van der Waals surface area contributed by atoms with E-state index in [0.29, 0.717) is 32.5 Å². The summed E-state index contributed by atoms with van der Waals surface area (Å²) >= 11 is 0. The average Bonchev–Trinajstić information content (AvgIpc) is 3.14. The molecule has 26 heavy (non-hydrogen) atoms. The molecule has 1 atom stereocenters. The normalized spacial score (nSPS) is 16.1. The van der Waals surface area contributed by atoms with Crippen LogP contribution < -0.4 is 10.1 Å². The van der Waals surface area contributed by atoms with Gasteiger partial charge in [-0.3, -0.25) is 9.59 Å². The molecular formula is C19H24N4O3. The lowest BCUT2D eigenvalue weighted by molar-refractivity contribution is -0.135. The highest BCUT2D eigenvalue weighted by molar-refractivity contribution is 5.82. The second-order valence-electron chi connectivity index (χ2n) is 6.27. The SMILES string of the molecule is CCOc1ccc(CCC(=O)N2Cc3cncn3C(C(=O)NC)C2)cc1. The molecule has 3 rings (SSSR count). The molecule has 0 spiro atoms.